The van der Waals surface area contributed by atoms with Crippen molar-refractivity contribution in [2.45, 2.75) is 38.1 Å². The third-order valence-corrected chi connectivity index (χ3v) is 6.61. The highest BCUT2D eigenvalue weighted by atomic mass is 16.5. The third kappa shape index (κ3) is 2.21. The molecule has 3 heterocycles. The van der Waals surface area contributed by atoms with E-state index in [0.717, 1.165) is 11.7 Å². The number of hydrogen-bond acceptors (Lipinski definition) is 2. The average Bonchev–Trinajstić information content (AvgIpc) is 3.12. The molecule has 2 saturated heterocycles. The number of hydrogen-bond donors (Lipinski definition) is 1. The van der Waals surface area contributed by atoms with Crippen LogP contribution in [0.25, 0.3) is 0 Å². The van der Waals surface area contributed by atoms with Gasteiger partial charge in [0.1, 0.15) is 5.76 Å². The average molecular weight is 301 g/mol. The largest absolute Gasteiger partial charge is 0.497 e. The molecule has 2 unspecified atom stereocenters. The van der Waals surface area contributed by atoms with Crippen LogP contribution in [0.3, 0.4) is 0 Å². The fourth-order valence-corrected chi connectivity index (χ4v) is 5.07. The van der Waals surface area contributed by atoms with E-state index in [1.54, 1.807) is 12.7 Å². The van der Waals surface area contributed by atoms with Crippen LogP contribution in [0, 0.1) is 11.8 Å². The number of ether oxygens (including phenoxy) is 1. The van der Waals surface area contributed by atoms with Crippen molar-refractivity contribution >= 4 is 0 Å². The number of methoxy groups -OCH3 is 1. The topological polar surface area (TPSA) is 21.3 Å². The minimum atomic E-state index is 0.0503. The molecule has 0 aromatic carbocycles. The Kier molecular flexibility index (Phi) is 3.37. The molecule has 3 nitrogen and oxygen atoms in total. The van der Waals surface area contributed by atoms with Crippen molar-refractivity contribution in [3.8, 4) is 0 Å². The lowest BCUT2D eigenvalue weighted by Crippen LogP contribution is -2.51. The van der Waals surface area contributed by atoms with E-state index in [-0.39, 0.29) is 5.54 Å². The van der Waals surface area contributed by atoms with Crippen molar-refractivity contribution in [2.24, 2.45) is 11.8 Å². The second-order valence-corrected chi connectivity index (χ2v) is 7.87. The van der Waals surface area contributed by atoms with Gasteiger partial charge in [0.2, 0.25) is 0 Å². The summed E-state index contributed by atoms with van der Waals surface area (Å²) in [6.07, 6.45) is 14.6. The molecule has 0 amide bonds. The van der Waals surface area contributed by atoms with E-state index >= 15 is 0 Å². The van der Waals surface area contributed by atoms with Crippen molar-refractivity contribution in [3.05, 3.63) is 35.8 Å². The number of fused-ring (bicyclic) bond motifs is 1. The summed E-state index contributed by atoms with van der Waals surface area (Å²) in [6.45, 7) is 7.95. The smallest absolute Gasteiger partial charge is 0.115 e. The second kappa shape index (κ2) is 5.16. The van der Waals surface area contributed by atoms with Gasteiger partial charge in [-0.2, -0.15) is 0 Å². The van der Waals surface area contributed by atoms with Crippen molar-refractivity contribution in [1.82, 2.24) is 5.32 Å². The lowest BCUT2D eigenvalue weighted by Gasteiger charge is -2.42. The van der Waals surface area contributed by atoms with Crippen molar-refractivity contribution < 1.29 is 9.22 Å². The van der Waals surface area contributed by atoms with Gasteiger partial charge in [-0.05, 0) is 36.8 Å². The Morgan fingerprint density at radius 3 is 2.59 bits per heavy atom. The van der Waals surface area contributed by atoms with Crippen LogP contribution in [-0.4, -0.2) is 43.3 Å². The zero-order chi connectivity index (χ0) is 15.2. The quantitative estimate of drug-likeness (QED) is 0.792. The van der Waals surface area contributed by atoms with E-state index < -0.39 is 0 Å². The maximum absolute atomic E-state index is 5.47. The molecule has 0 radical (unpaired) electrons. The Labute approximate surface area is 134 Å². The van der Waals surface area contributed by atoms with Gasteiger partial charge < -0.3 is 14.5 Å². The second-order valence-electron chi connectivity index (χ2n) is 7.87. The zero-order valence-electron chi connectivity index (χ0n) is 14.0. The van der Waals surface area contributed by atoms with Gasteiger partial charge in [-0.15, -0.1) is 0 Å². The molecule has 4 rings (SSSR count). The van der Waals surface area contributed by atoms with Crippen LogP contribution in [0.1, 0.15) is 32.6 Å². The van der Waals surface area contributed by atoms with E-state index in [0.29, 0.717) is 5.92 Å². The van der Waals surface area contributed by atoms with E-state index in [4.69, 9.17) is 4.74 Å². The Hall–Kier alpha value is -1.22. The fraction of sp³-hybridized carbons (Fsp3) is 0.684. The summed E-state index contributed by atoms with van der Waals surface area (Å²) >= 11 is 0. The number of quaternary nitrogens is 1. The van der Waals surface area contributed by atoms with Gasteiger partial charge in [0.05, 0.1) is 38.8 Å². The molecule has 2 fully saturated rings. The SMILES string of the molecule is COC1=CC2C(C3CC[N+]4(CCCC4)CC3)=CNC2(C)C=C1. The zero-order valence-corrected chi connectivity index (χ0v) is 14.0. The van der Waals surface area contributed by atoms with Gasteiger partial charge >= 0.3 is 0 Å². The lowest BCUT2D eigenvalue weighted by molar-refractivity contribution is -0.922. The van der Waals surface area contributed by atoms with Crippen molar-refractivity contribution in [3.63, 3.8) is 0 Å². The molecule has 0 saturated carbocycles. The minimum Gasteiger partial charge on any atom is -0.497 e. The predicted molar refractivity (Wildman–Crippen MR) is 89.0 cm³/mol. The first-order chi connectivity index (χ1) is 10.6. The molecule has 4 aliphatic rings. The summed E-state index contributed by atoms with van der Waals surface area (Å²) in [6, 6.07) is 0. The number of rotatable bonds is 2. The maximum Gasteiger partial charge on any atom is 0.115 e. The first-order valence-corrected chi connectivity index (χ1v) is 8.92. The molecule has 1 spiro atoms. The summed E-state index contributed by atoms with van der Waals surface area (Å²) in [7, 11) is 1.77. The Morgan fingerprint density at radius 1 is 1.18 bits per heavy atom. The van der Waals surface area contributed by atoms with Gasteiger partial charge in [0.15, 0.2) is 0 Å². The summed E-state index contributed by atoms with van der Waals surface area (Å²) < 4.78 is 6.89. The van der Waals surface area contributed by atoms with E-state index in [1.165, 1.54) is 56.3 Å². The summed E-state index contributed by atoms with van der Waals surface area (Å²) in [5.41, 5.74) is 1.66. The highest BCUT2D eigenvalue weighted by Gasteiger charge is 2.44. The van der Waals surface area contributed by atoms with Gasteiger partial charge in [0.25, 0.3) is 0 Å². The number of nitrogens with one attached hydrogen (secondary N) is 1. The van der Waals surface area contributed by atoms with Crippen LogP contribution >= 0.6 is 0 Å². The Bertz CT molecular complexity index is 532. The maximum atomic E-state index is 5.47. The van der Waals surface area contributed by atoms with Gasteiger partial charge in [-0.25, -0.2) is 0 Å². The first-order valence-electron chi connectivity index (χ1n) is 8.92. The molecule has 2 atom stereocenters. The lowest BCUT2D eigenvalue weighted by atomic mass is 9.74. The van der Waals surface area contributed by atoms with Crippen LogP contribution in [0.2, 0.25) is 0 Å². The fourth-order valence-electron chi connectivity index (χ4n) is 5.07. The van der Waals surface area contributed by atoms with Crippen LogP contribution in [0.5, 0.6) is 0 Å². The number of piperidine rings is 1. The standard InChI is InChI=1S/C19H29N2O/c1-19-8-5-16(22-2)13-18(19)17(14-20-19)15-6-11-21(12-7-15)9-3-4-10-21/h5,8,13-15,18,20H,3-4,6-7,9-12H2,1-2H3/q+1. The van der Waals surface area contributed by atoms with E-state index in [2.05, 4.69) is 36.7 Å². The Balaban J connectivity index is 1.49. The van der Waals surface area contributed by atoms with Crippen LogP contribution in [0.4, 0.5) is 0 Å². The Morgan fingerprint density at radius 2 is 1.91 bits per heavy atom. The molecule has 0 aromatic heterocycles. The first kappa shape index (κ1) is 14.4. The summed E-state index contributed by atoms with van der Waals surface area (Å²) in [5.74, 6) is 2.23. The number of nitrogens with zero attached hydrogens (tertiary/aromatic N) is 1. The van der Waals surface area contributed by atoms with Gasteiger partial charge in [-0.1, -0.05) is 6.08 Å². The third-order valence-electron chi connectivity index (χ3n) is 6.61. The van der Waals surface area contributed by atoms with E-state index in [9.17, 15) is 0 Å². The number of allylic oxidation sites excluding steroid dienone is 1. The highest BCUT2D eigenvalue weighted by Crippen LogP contribution is 2.43. The molecule has 0 aromatic rings. The molecule has 1 N–H and O–H groups in total. The van der Waals surface area contributed by atoms with Crippen LogP contribution in [0.15, 0.2) is 35.8 Å². The van der Waals surface area contributed by atoms with Gasteiger partial charge in [-0.3, -0.25) is 0 Å². The normalized spacial score (nSPS) is 36.7. The molecular weight excluding hydrogens is 272 g/mol. The minimum absolute atomic E-state index is 0.0503. The molecular formula is C19H29N2O+. The van der Waals surface area contributed by atoms with Crippen LogP contribution in [-0.2, 0) is 4.74 Å². The van der Waals surface area contributed by atoms with Crippen molar-refractivity contribution in [1.29, 1.82) is 0 Å². The van der Waals surface area contributed by atoms with Crippen molar-refractivity contribution in [2.75, 3.05) is 33.3 Å². The summed E-state index contributed by atoms with van der Waals surface area (Å²) in [4.78, 5) is 0. The molecule has 1 aliphatic carbocycles. The predicted octanol–water partition coefficient (Wildman–Crippen LogP) is 2.97. The molecule has 0 bridgehead atoms. The van der Waals surface area contributed by atoms with E-state index in [1.807, 2.05) is 0 Å². The monoisotopic (exact) mass is 301 g/mol. The molecule has 3 aliphatic heterocycles. The summed E-state index contributed by atoms with van der Waals surface area (Å²) in [5, 5.41) is 3.63. The molecule has 3 heteroatoms. The highest BCUT2D eigenvalue weighted by molar-refractivity contribution is 5.39. The molecule has 22 heavy (non-hydrogen) atoms. The van der Waals surface area contributed by atoms with Gasteiger partial charge in [0, 0.05) is 31.6 Å². The van der Waals surface area contributed by atoms with Crippen LogP contribution < -0.4 is 5.32 Å². The molecule has 120 valence electrons.